The van der Waals surface area contributed by atoms with Gasteiger partial charge in [-0.3, -0.25) is 9.59 Å². The number of carboxylic acid groups (broad SMARTS) is 1. The lowest BCUT2D eigenvalue weighted by Crippen LogP contribution is -2.27. The predicted octanol–water partition coefficient (Wildman–Crippen LogP) is 3.41. The van der Waals surface area contributed by atoms with Crippen molar-refractivity contribution in [2.45, 2.75) is 13.8 Å². The maximum Gasteiger partial charge on any atom is 0.341 e. The van der Waals surface area contributed by atoms with Crippen molar-refractivity contribution < 1.29 is 14.3 Å². The van der Waals surface area contributed by atoms with E-state index < -0.39 is 17.1 Å². The molecular weight excluding hydrogens is 346 g/mol. The summed E-state index contributed by atoms with van der Waals surface area (Å²) in [5, 5.41) is 9.83. The highest BCUT2D eigenvalue weighted by Gasteiger charge is 2.20. The van der Waals surface area contributed by atoms with E-state index in [1.54, 1.807) is 42.5 Å². The second kappa shape index (κ2) is 5.95. The molecule has 0 bridgehead atoms. The zero-order valence-corrected chi connectivity index (χ0v) is 14.6. The first-order valence-corrected chi connectivity index (χ1v) is 8.30. The quantitative estimate of drug-likeness (QED) is 0.553. The van der Waals surface area contributed by atoms with E-state index in [1.807, 2.05) is 13.8 Å². The Kier molecular flexibility index (Phi) is 3.70. The van der Waals surface area contributed by atoms with E-state index in [0.29, 0.717) is 16.7 Å². The summed E-state index contributed by atoms with van der Waals surface area (Å²) < 4.78 is 7.02. The molecule has 0 atom stereocenters. The zero-order chi connectivity index (χ0) is 19.3. The number of hydrogen-bond donors (Lipinski definition) is 1. The number of aromatic nitrogens is 1. The minimum Gasteiger partial charge on any atom is -0.477 e. The van der Waals surface area contributed by atoms with Gasteiger partial charge in [-0.05, 0) is 44.2 Å². The molecule has 0 fully saturated rings. The Balaban J connectivity index is 2.25. The number of carboxylic acids is 1. The highest BCUT2D eigenvalue weighted by molar-refractivity contribution is 5.95. The van der Waals surface area contributed by atoms with Gasteiger partial charge in [-0.15, -0.1) is 0 Å². The van der Waals surface area contributed by atoms with Crippen LogP contribution in [0.3, 0.4) is 0 Å². The van der Waals surface area contributed by atoms with Gasteiger partial charge < -0.3 is 9.52 Å². The summed E-state index contributed by atoms with van der Waals surface area (Å²) in [7, 11) is 0. The molecule has 0 aliphatic heterocycles. The predicted molar refractivity (Wildman–Crippen MR) is 102 cm³/mol. The number of aryl methyl sites for hydroxylation is 2. The van der Waals surface area contributed by atoms with Crippen molar-refractivity contribution in [3.05, 3.63) is 85.8 Å². The molecule has 0 radical (unpaired) electrons. The third-order valence-corrected chi connectivity index (χ3v) is 4.51. The van der Waals surface area contributed by atoms with Crippen LogP contribution in [0.25, 0.3) is 27.8 Å². The summed E-state index contributed by atoms with van der Waals surface area (Å²) in [6.07, 6.45) is 0. The molecule has 4 rings (SSSR count). The zero-order valence-electron chi connectivity index (χ0n) is 14.6. The average molecular weight is 361 g/mol. The molecule has 0 unspecified atom stereocenters. The largest absolute Gasteiger partial charge is 0.477 e. The van der Waals surface area contributed by atoms with E-state index in [4.69, 9.17) is 4.42 Å². The summed E-state index contributed by atoms with van der Waals surface area (Å²) in [6, 6.07) is 13.2. The van der Waals surface area contributed by atoms with E-state index >= 15 is 0 Å². The molecule has 0 spiro atoms. The Morgan fingerprint density at radius 1 is 0.926 bits per heavy atom. The number of rotatable bonds is 2. The van der Waals surface area contributed by atoms with Crippen molar-refractivity contribution in [3.8, 4) is 5.69 Å². The second-order valence-corrected chi connectivity index (χ2v) is 6.49. The van der Waals surface area contributed by atoms with E-state index in [1.165, 1.54) is 0 Å². The summed E-state index contributed by atoms with van der Waals surface area (Å²) >= 11 is 0. The fourth-order valence-electron chi connectivity index (χ4n) is 3.11. The maximum atomic E-state index is 13.0. The standard InChI is InChI=1S/C21H15NO5/c1-11-3-6-13(7-4-11)22-19(24)16(21(25)26)10-15-18(23)14-9-12(2)5-8-17(14)27-20(15)22/h3-10H,1-2H3,(H,25,26). The molecular formula is C21H15NO5. The molecule has 0 amide bonds. The molecule has 1 N–H and O–H groups in total. The SMILES string of the molecule is Cc1ccc(-n2c(=O)c(C(=O)O)cc3c(=O)c4cc(C)ccc4oc32)cc1. The third kappa shape index (κ3) is 2.62. The molecule has 0 saturated carbocycles. The van der Waals surface area contributed by atoms with Crippen LogP contribution in [0.4, 0.5) is 0 Å². The number of nitrogens with zero attached hydrogens (tertiary/aromatic N) is 1. The monoisotopic (exact) mass is 361 g/mol. The van der Waals surface area contributed by atoms with Gasteiger partial charge in [0.25, 0.3) is 5.56 Å². The van der Waals surface area contributed by atoms with E-state index in [0.717, 1.165) is 21.8 Å². The number of pyridine rings is 1. The fourth-order valence-corrected chi connectivity index (χ4v) is 3.11. The minimum absolute atomic E-state index is 0.0233. The van der Waals surface area contributed by atoms with Gasteiger partial charge in [0, 0.05) is 0 Å². The lowest BCUT2D eigenvalue weighted by atomic mass is 10.1. The molecule has 134 valence electrons. The van der Waals surface area contributed by atoms with Crippen molar-refractivity contribution in [3.63, 3.8) is 0 Å². The van der Waals surface area contributed by atoms with Gasteiger partial charge in [-0.2, -0.15) is 0 Å². The molecule has 2 heterocycles. The molecule has 6 heteroatoms. The van der Waals surface area contributed by atoms with Crippen molar-refractivity contribution in [1.82, 2.24) is 4.57 Å². The molecule has 27 heavy (non-hydrogen) atoms. The van der Waals surface area contributed by atoms with Crippen molar-refractivity contribution in [2.75, 3.05) is 0 Å². The molecule has 0 saturated heterocycles. The summed E-state index contributed by atoms with van der Waals surface area (Å²) in [6.45, 7) is 3.74. The van der Waals surface area contributed by atoms with Gasteiger partial charge in [0.05, 0.1) is 16.5 Å². The van der Waals surface area contributed by atoms with Gasteiger partial charge in [0.2, 0.25) is 11.1 Å². The lowest BCUT2D eigenvalue weighted by molar-refractivity contribution is 0.0695. The first-order valence-electron chi connectivity index (χ1n) is 8.30. The molecule has 2 aromatic heterocycles. The number of aromatic carboxylic acids is 1. The van der Waals surface area contributed by atoms with E-state index in [9.17, 15) is 19.5 Å². The Bertz CT molecular complexity index is 1340. The summed E-state index contributed by atoms with van der Waals surface area (Å²) in [4.78, 5) is 37.4. The Morgan fingerprint density at radius 3 is 2.26 bits per heavy atom. The van der Waals surface area contributed by atoms with Gasteiger partial charge in [0.1, 0.15) is 11.1 Å². The van der Waals surface area contributed by atoms with Gasteiger partial charge >= 0.3 is 5.97 Å². The van der Waals surface area contributed by atoms with Gasteiger partial charge in [-0.25, -0.2) is 9.36 Å². The normalized spacial score (nSPS) is 11.2. The molecule has 2 aromatic carbocycles. The Morgan fingerprint density at radius 2 is 1.59 bits per heavy atom. The minimum atomic E-state index is -1.40. The number of fused-ring (bicyclic) bond motifs is 2. The fraction of sp³-hybridized carbons (Fsp3) is 0.0952. The Hall–Kier alpha value is -3.67. The van der Waals surface area contributed by atoms with Crippen LogP contribution in [-0.2, 0) is 0 Å². The van der Waals surface area contributed by atoms with E-state index in [-0.39, 0.29) is 16.5 Å². The van der Waals surface area contributed by atoms with Crippen LogP contribution in [0.5, 0.6) is 0 Å². The molecule has 6 nitrogen and oxygen atoms in total. The summed E-state index contributed by atoms with van der Waals surface area (Å²) in [5.41, 5.74) is 1.02. The van der Waals surface area contributed by atoms with Crippen LogP contribution in [0, 0.1) is 13.8 Å². The van der Waals surface area contributed by atoms with Crippen LogP contribution in [0.2, 0.25) is 0 Å². The van der Waals surface area contributed by atoms with Crippen LogP contribution >= 0.6 is 0 Å². The third-order valence-electron chi connectivity index (χ3n) is 4.51. The van der Waals surface area contributed by atoms with Crippen molar-refractivity contribution in [1.29, 1.82) is 0 Å². The molecule has 0 aliphatic rings. The summed E-state index contributed by atoms with van der Waals surface area (Å²) in [5.74, 6) is -1.40. The highest BCUT2D eigenvalue weighted by Crippen LogP contribution is 2.22. The van der Waals surface area contributed by atoms with E-state index in [2.05, 4.69) is 0 Å². The van der Waals surface area contributed by atoms with Crippen LogP contribution in [0.15, 0.2) is 62.5 Å². The first kappa shape index (κ1) is 16.8. The van der Waals surface area contributed by atoms with Crippen molar-refractivity contribution in [2.24, 2.45) is 0 Å². The molecule has 4 aromatic rings. The molecule has 0 aliphatic carbocycles. The smallest absolute Gasteiger partial charge is 0.341 e. The van der Waals surface area contributed by atoms with Gasteiger partial charge in [-0.1, -0.05) is 29.3 Å². The van der Waals surface area contributed by atoms with Crippen LogP contribution < -0.4 is 11.0 Å². The topological polar surface area (TPSA) is 89.5 Å². The number of benzene rings is 2. The Labute approximate surface area is 152 Å². The maximum absolute atomic E-state index is 13.0. The van der Waals surface area contributed by atoms with Crippen molar-refractivity contribution >= 4 is 28.0 Å². The van der Waals surface area contributed by atoms with Crippen LogP contribution in [-0.4, -0.2) is 15.6 Å². The average Bonchev–Trinajstić information content (AvgIpc) is 2.63. The van der Waals surface area contributed by atoms with Crippen LogP contribution in [0.1, 0.15) is 21.5 Å². The first-order chi connectivity index (χ1) is 12.9. The number of carbonyl (C=O) groups is 1. The van der Waals surface area contributed by atoms with Gasteiger partial charge in [0.15, 0.2) is 0 Å². The number of hydrogen-bond acceptors (Lipinski definition) is 4. The lowest BCUT2D eigenvalue weighted by Gasteiger charge is -2.12. The highest BCUT2D eigenvalue weighted by atomic mass is 16.4. The second-order valence-electron chi connectivity index (χ2n) is 6.49.